The lowest BCUT2D eigenvalue weighted by molar-refractivity contribution is -0.141. The third-order valence-electron chi connectivity index (χ3n) is 5.89. The smallest absolute Gasteiger partial charge is 0.313 e. The first-order chi connectivity index (χ1) is 13.5. The van der Waals surface area contributed by atoms with Gasteiger partial charge >= 0.3 is 5.97 Å². The van der Waals surface area contributed by atoms with Crippen molar-refractivity contribution in [2.75, 3.05) is 0 Å². The molecule has 4 rings (SSSR count). The van der Waals surface area contributed by atoms with Crippen LogP contribution in [0, 0.1) is 0 Å². The van der Waals surface area contributed by atoms with Crippen LogP contribution >= 0.6 is 23.2 Å². The van der Waals surface area contributed by atoms with Gasteiger partial charge in [-0.05, 0) is 42.2 Å². The van der Waals surface area contributed by atoms with Crippen molar-refractivity contribution in [3.05, 3.63) is 69.2 Å². The van der Waals surface area contributed by atoms with Gasteiger partial charge in [0, 0.05) is 21.7 Å². The van der Waals surface area contributed by atoms with E-state index in [1.54, 1.807) is 47.4 Å². The highest BCUT2D eigenvalue weighted by Crippen LogP contribution is 2.47. The fraction of sp³-hybridized carbons (Fsp3) is 0.364. The summed E-state index contributed by atoms with van der Waals surface area (Å²) in [6.45, 7) is 0. The van der Waals surface area contributed by atoms with Gasteiger partial charge in [0.2, 0.25) is 0 Å². The first kappa shape index (κ1) is 19.3. The van der Waals surface area contributed by atoms with E-state index in [0.717, 1.165) is 32.1 Å². The van der Waals surface area contributed by atoms with Crippen molar-refractivity contribution in [3.63, 3.8) is 0 Å². The van der Waals surface area contributed by atoms with Crippen LogP contribution in [0.5, 0.6) is 0 Å². The molecule has 2 atom stereocenters. The minimum atomic E-state index is -0.961. The Hall–Kier alpha value is -2.04. The number of rotatable bonds is 3. The molecule has 1 N–H and O–H groups in total. The van der Waals surface area contributed by atoms with Crippen molar-refractivity contribution in [1.29, 1.82) is 0 Å². The summed E-state index contributed by atoms with van der Waals surface area (Å²) in [5.74, 6) is -1.96. The van der Waals surface area contributed by atoms with E-state index in [0.29, 0.717) is 26.7 Å². The fourth-order valence-electron chi connectivity index (χ4n) is 4.65. The molecule has 4 nitrogen and oxygen atoms in total. The number of halogens is 2. The standard InChI is InChI=1S/C22H21Cl2NO3/c23-13-10-11-17(18(24)12-13)20-19(22(27)28)15-8-4-5-9-16(15)21(26)25(20)14-6-2-1-3-7-14/h4-5,8-12,14,19-20H,1-3,6-7H2,(H,27,28)/t19-,20+/m1/s1. The van der Waals surface area contributed by atoms with Gasteiger partial charge < -0.3 is 10.0 Å². The highest BCUT2D eigenvalue weighted by molar-refractivity contribution is 6.35. The van der Waals surface area contributed by atoms with Gasteiger partial charge in [0.25, 0.3) is 5.91 Å². The molecule has 146 valence electrons. The van der Waals surface area contributed by atoms with Gasteiger partial charge in [-0.25, -0.2) is 0 Å². The third kappa shape index (κ3) is 3.29. The molecule has 2 aromatic carbocycles. The largest absolute Gasteiger partial charge is 0.481 e. The molecule has 0 spiro atoms. The van der Waals surface area contributed by atoms with Gasteiger partial charge in [0.05, 0.1) is 6.04 Å². The number of hydrogen-bond acceptors (Lipinski definition) is 2. The Morgan fingerprint density at radius 1 is 1.00 bits per heavy atom. The number of carbonyl (C=O) groups excluding carboxylic acids is 1. The van der Waals surface area contributed by atoms with Gasteiger partial charge in [0.1, 0.15) is 5.92 Å². The molecule has 0 unspecified atom stereocenters. The predicted molar refractivity (Wildman–Crippen MR) is 109 cm³/mol. The number of benzene rings is 2. The first-order valence-electron chi connectivity index (χ1n) is 9.58. The average molecular weight is 418 g/mol. The lowest BCUT2D eigenvalue weighted by Gasteiger charge is -2.46. The van der Waals surface area contributed by atoms with Gasteiger partial charge in [-0.15, -0.1) is 0 Å². The summed E-state index contributed by atoms with van der Waals surface area (Å²) < 4.78 is 0. The zero-order valence-corrected chi connectivity index (χ0v) is 16.8. The Kier molecular flexibility index (Phi) is 5.35. The SMILES string of the molecule is O=C(O)[C@@H]1c2ccccc2C(=O)N(C2CCCCC2)[C@H]1c1ccc(Cl)cc1Cl. The molecule has 1 aliphatic carbocycles. The molecular weight excluding hydrogens is 397 g/mol. The van der Waals surface area contributed by atoms with E-state index in [9.17, 15) is 14.7 Å². The number of hydrogen-bond donors (Lipinski definition) is 1. The van der Waals surface area contributed by atoms with Crippen LogP contribution in [-0.4, -0.2) is 27.9 Å². The molecule has 0 saturated heterocycles. The number of carboxylic acid groups (broad SMARTS) is 1. The summed E-state index contributed by atoms with van der Waals surface area (Å²) in [5, 5.41) is 11.0. The molecular formula is C22H21Cl2NO3. The van der Waals surface area contributed by atoms with Crippen molar-refractivity contribution < 1.29 is 14.7 Å². The normalized spacial score (nSPS) is 22.8. The zero-order chi connectivity index (χ0) is 19.8. The molecule has 1 saturated carbocycles. The minimum absolute atomic E-state index is 0.00759. The van der Waals surface area contributed by atoms with Crippen LogP contribution in [-0.2, 0) is 4.79 Å². The molecule has 0 bridgehead atoms. The van der Waals surface area contributed by atoms with E-state index in [2.05, 4.69) is 0 Å². The summed E-state index contributed by atoms with van der Waals surface area (Å²) in [6, 6.07) is 11.4. The highest BCUT2D eigenvalue weighted by Gasteiger charge is 2.47. The van der Waals surface area contributed by atoms with Crippen molar-refractivity contribution >= 4 is 35.1 Å². The highest BCUT2D eigenvalue weighted by atomic mass is 35.5. The molecule has 2 aliphatic rings. The van der Waals surface area contributed by atoms with E-state index < -0.39 is 17.9 Å². The van der Waals surface area contributed by atoms with Crippen LogP contribution in [0.1, 0.15) is 65.5 Å². The zero-order valence-electron chi connectivity index (χ0n) is 15.3. The van der Waals surface area contributed by atoms with Crippen LogP contribution in [0.4, 0.5) is 0 Å². The molecule has 0 radical (unpaired) electrons. The second kappa shape index (κ2) is 7.76. The van der Waals surface area contributed by atoms with Gasteiger partial charge in [0.15, 0.2) is 0 Å². The minimum Gasteiger partial charge on any atom is -0.481 e. The predicted octanol–water partition coefficient (Wildman–Crippen LogP) is 5.69. The molecule has 1 heterocycles. The second-order valence-electron chi connectivity index (χ2n) is 7.52. The Morgan fingerprint density at radius 2 is 1.71 bits per heavy atom. The average Bonchev–Trinajstić information content (AvgIpc) is 2.68. The summed E-state index contributed by atoms with van der Waals surface area (Å²) in [6.07, 6.45) is 4.97. The summed E-state index contributed by atoms with van der Waals surface area (Å²) in [7, 11) is 0. The first-order valence-corrected chi connectivity index (χ1v) is 10.3. The van der Waals surface area contributed by atoms with Crippen molar-refractivity contribution in [3.8, 4) is 0 Å². The fourth-order valence-corrected chi connectivity index (χ4v) is 5.17. The monoisotopic (exact) mass is 417 g/mol. The Balaban J connectivity index is 1.93. The van der Waals surface area contributed by atoms with Crippen LogP contribution in [0.2, 0.25) is 10.0 Å². The molecule has 1 amide bonds. The Labute approximate surface area is 174 Å². The van der Waals surface area contributed by atoms with Gasteiger partial charge in [-0.1, -0.05) is 66.7 Å². The maximum atomic E-state index is 13.5. The molecule has 6 heteroatoms. The number of amides is 1. The second-order valence-corrected chi connectivity index (χ2v) is 8.36. The van der Waals surface area contributed by atoms with Crippen molar-refractivity contribution in [2.24, 2.45) is 0 Å². The molecule has 1 fully saturated rings. The maximum absolute atomic E-state index is 13.5. The Morgan fingerprint density at radius 3 is 2.39 bits per heavy atom. The van der Waals surface area contributed by atoms with Gasteiger partial charge in [-0.3, -0.25) is 9.59 Å². The van der Waals surface area contributed by atoms with E-state index in [1.807, 2.05) is 0 Å². The number of aliphatic carboxylic acids is 1. The van der Waals surface area contributed by atoms with Crippen molar-refractivity contribution in [2.45, 2.75) is 50.1 Å². The number of carbonyl (C=O) groups is 2. The summed E-state index contributed by atoms with van der Waals surface area (Å²) in [5.41, 5.74) is 1.65. The summed E-state index contributed by atoms with van der Waals surface area (Å²) >= 11 is 12.6. The lowest BCUT2D eigenvalue weighted by Crippen LogP contribution is -2.50. The number of carboxylic acids is 1. The topological polar surface area (TPSA) is 57.6 Å². The molecule has 1 aliphatic heterocycles. The van der Waals surface area contributed by atoms with Gasteiger partial charge in [-0.2, -0.15) is 0 Å². The number of fused-ring (bicyclic) bond motifs is 1. The van der Waals surface area contributed by atoms with E-state index in [-0.39, 0.29) is 11.9 Å². The summed E-state index contributed by atoms with van der Waals surface area (Å²) in [4.78, 5) is 27.7. The third-order valence-corrected chi connectivity index (χ3v) is 6.45. The van der Waals surface area contributed by atoms with Crippen LogP contribution in [0.3, 0.4) is 0 Å². The molecule has 2 aromatic rings. The van der Waals surface area contributed by atoms with Crippen LogP contribution < -0.4 is 0 Å². The van der Waals surface area contributed by atoms with E-state index >= 15 is 0 Å². The van der Waals surface area contributed by atoms with E-state index in [4.69, 9.17) is 23.2 Å². The van der Waals surface area contributed by atoms with Crippen LogP contribution in [0.25, 0.3) is 0 Å². The molecule has 28 heavy (non-hydrogen) atoms. The number of nitrogens with zero attached hydrogens (tertiary/aromatic N) is 1. The lowest BCUT2D eigenvalue weighted by atomic mass is 9.77. The maximum Gasteiger partial charge on any atom is 0.313 e. The van der Waals surface area contributed by atoms with E-state index in [1.165, 1.54) is 0 Å². The Bertz CT molecular complexity index is 924. The molecule has 0 aromatic heterocycles. The van der Waals surface area contributed by atoms with Crippen molar-refractivity contribution in [1.82, 2.24) is 4.90 Å². The quantitative estimate of drug-likeness (QED) is 0.697. The van der Waals surface area contributed by atoms with Crippen LogP contribution in [0.15, 0.2) is 42.5 Å².